The zero-order chi connectivity index (χ0) is 11.6. The van der Waals surface area contributed by atoms with Crippen molar-refractivity contribution < 1.29 is 27.8 Å². The van der Waals surface area contributed by atoms with Crippen molar-refractivity contribution in [2.24, 2.45) is 0 Å². The maximum atomic E-state index is 12.1. The lowest BCUT2D eigenvalue weighted by Gasteiger charge is -2.11. The van der Waals surface area contributed by atoms with Crippen molar-refractivity contribution in [1.29, 1.82) is 0 Å². The third-order valence-electron chi connectivity index (χ3n) is 1.59. The average Bonchev–Trinajstić information content (AvgIpc) is 2.62. The van der Waals surface area contributed by atoms with Crippen LogP contribution >= 0.6 is 11.3 Å². The smallest absolute Gasteiger partial charge is 0.419 e. The van der Waals surface area contributed by atoms with E-state index < -0.39 is 18.2 Å². The van der Waals surface area contributed by atoms with E-state index in [0.717, 1.165) is 13.2 Å². The van der Waals surface area contributed by atoms with Gasteiger partial charge in [-0.25, -0.2) is 4.79 Å². The molecule has 0 amide bonds. The van der Waals surface area contributed by atoms with Crippen LogP contribution in [0.15, 0.2) is 12.1 Å². The fourth-order valence-electron chi connectivity index (χ4n) is 0.871. The molecule has 0 aromatic carbocycles. The minimum absolute atomic E-state index is 0.0239. The van der Waals surface area contributed by atoms with Gasteiger partial charge in [-0.15, -0.1) is 11.3 Å². The predicted octanol–water partition coefficient (Wildman–Crippen LogP) is 2.13. The number of aliphatic hydroxyl groups is 1. The maximum absolute atomic E-state index is 12.1. The Labute approximate surface area is 87.1 Å². The third-order valence-corrected chi connectivity index (χ3v) is 2.71. The summed E-state index contributed by atoms with van der Waals surface area (Å²) in [4.78, 5) is 10.6. The van der Waals surface area contributed by atoms with Crippen molar-refractivity contribution in [3.8, 4) is 0 Å². The number of esters is 1. The molecule has 0 radical (unpaired) electrons. The van der Waals surface area contributed by atoms with Crippen LogP contribution in [-0.2, 0) is 4.74 Å². The number of carbonyl (C=O) groups is 1. The third kappa shape index (κ3) is 2.69. The minimum Gasteiger partial charge on any atom is -0.465 e. The Kier molecular flexibility index (Phi) is 3.35. The minimum atomic E-state index is -4.72. The molecule has 1 unspecified atom stereocenters. The highest BCUT2D eigenvalue weighted by Gasteiger charge is 2.40. The van der Waals surface area contributed by atoms with Crippen LogP contribution < -0.4 is 0 Å². The standard InChI is InChI=1S/C8H7F3O3S/c1-14-7(13)5-3-2-4(15-5)6(12)8(9,10)11/h2-3,6,12H,1H3. The van der Waals surface area contributed by atoms with Gasteiger partial charge in [-0.3, -0.25) is 0 Å². The Morgan fingerprint density at radius 2 is 2.13 bits per heavy atom. The van der Waals surface area contributed by atoms with Crippen LogP contribution in [0.3, 0.4) is 0 Å². The van der Waals surface area contributed by atoms with Crippen molar-refractivity contribution in [3.05, 3.63) is 21.9 Å². The molecule has 1 aromatic heterocycles. The van der Waals surface area contributed by atoms with Gasteiger partial charge < -0.3 is 9.84 Å². The SMILES string of the molecule is COC(=O)c1ccc(C(O)C(F)(F)F)s1. The Morgan fingerprint density at radius 1 is 1.53 bits per heavy atom. The maximum Gasteiger partial charge on any atom is 0.419 e. The number of carbonyl (C=O) groups excluding carboxylic acids is 1. The second-order valence-electron chi connectivity index (χ2n) is 2.64. The monoisotopic (exact) mass is 240 g/mol. The highest BCUT2D eigenvalue weighted by Crippen LogP contribution is 2.35. The van der Waals surface area contributed by atoms with E-state index in [-0.39, 0.29) is 9.75 Å². The van der Waals surface area contributed by atoms with Gasteiger partial charge in [0.05, 0.1) is 7.11 Å². The lowest BCUT2D eigenvalue weighted by molar-refractivity contribution is -0.205. The molecule has 84 valence electrons. The van der Waals surface area contributed by atoms with Crippen LogP contribution in [-0.4, -0.2) is 24.4 Å². The molecule has 0 spiro atoms. The highest BCUT2D eigenvalue weighted by molar-refractivity contribution is 7.14. The van der Waals surface area contributed by atoms with Crippen LogP contribution in [0.25, 0.3) is 0 Å². The lowest BCUT2D eigenvalue weighted by Crippen LogP contribution is -2.18. The number of rotatable bonds is 2. The molecule has 1 heterocycles. The Morgan fingerprint density at radius 3 is 2.60 bits per heavy atom. The summed E-state index contributed by atoms with van der Waals surface area (Å²) in [6, 6.07) is 2.23. The van der Waals surface area contributed by atoms with Gasteiger partial charge in [0.1, 0.15) is 4.88 Å². The van der Waals surface area contributed by atoms with E-state index in [4.69, 9.17) is 5.11 Å². The van der Waals surface area contributed by atoms with E-state index in [1.807, 2.05) is 0 Å². The topological polar surface area (TPSA) is 46.5 Å². The number of hydrogen-bond acceptors (Lipinski definition) is 4. The second kappa shape index (κ2) is 4.19. The highest BCUT2D eigenvalue weighted by atomic mass is 32.1. The number of aliphatic hydroxyl groups excluding tert-OH is 1. The molecule has 3 nitrogen and oxygen atoms in total. The van der Waals surface area contributed by atoms with Gasteiger partial charge in [0.2, 0.25) is 0 Å². The van der Waals surface area contributed by atoms with Crippen LogP contribution in [0.4, 0.5) is 13.2 Å². The largest absolute Gasteiger partial charge is 0.465 e. The van der Waals surface area contributed by atoms with Crippen molar-refractivity contribution in [2.75, 3.05) is 7.11 Å². The van der Waals surface area contributed by atoms with Crippen LogP contribution in [0.5, 0.6) is 0 Å². The molecule has 0 fully saturated rings. The lowest BCUT2D eigenvalue weighted by atomic mass is 10.3. The molecule has 0 saturated heterocycles. The fourth-order valence-corrected chi connectivity index (χ4v) is 1.81. The zero-order valence-corrected chi connectivity index (χ0v) is 8.35. The first-order chi connectivity index (χ1) is 6.86. The summed E-state index contributed by atoms with van der Waals surface area (Å²) in [5, 5.41) is 8.86. The Balaban J connectivity index is 2.89. The van der Waals surface area contributed by atoms with E-state index in [9.17, 15) is 18.0 Å². The number of halogens is 3. The van der Waals surface area contributed by atoms with Gasteiger partial charge >= 0.3 is 12.1 Å². The van der Waals surface area contributed by atoms with Crippen molar-refractivity contribution in [1.82, 2.24) is 0 Å². The number of methoxy groups -OCH3 is 1. The van der Waals surface area contributed by atoms with Crippen LogP contribution in [0.1, 0.15) is 20.7 Å². The first kappa shape index (κ1) is 12.0. The normalized spacial score (nSPS) is 13.7. The quantitative estimate of drug-likeness (QED) is 0.805. The molecule has 0 aliphatic heterocycles. The van der Waals surface area contributed by atoms with E-state index in [2.05, 4.69) is 4.74 Å². The van der Waals surface area contributed by atoms with Gasteiger partial charge in [0, 0.05) is 4.88 Å². The first-order valence-corrected chi connectivity index (χ1v) is 4.60. The number of alkyl halides is 3. The molecule has 0 aliphatic rings. The summed E-state index contributed by atoms with van der Waals surface area (Å²) in [7, 11) is 1.13. The van der Waals surface area contributed by atoms with Crippen LogP contribution in [0.2, 0.25) is 0 Å². The summed E-state index contributed by atoms with van der Waals surface area (Å²) in [6.45, 7) is 0. The van der Waals surface area contributed by atoms with Crippen LogP contribution in [0, 0.1) is 0 Å². The number of hydrogen-bond donors (Lipinski definition) is 1. The van der Waals surface area contributed by atoms with E-state index >= 15 is 0 Å². The van der Waals surface area contributed by atoms with Gasteiger partial charge in [0.15, 0.2) is 6.10 Å². The van der Waals surface area contributed by atoms with Crippen molar-refractivity contribution >= 4 is 17.3 Å². The van der Waals surface area contributed by atoms with Gasteiger partial charge in [-0.1, -0.05) is 0 Å². The number of thiophene rings is 1. The summed E-state index contributed by atoms with van der Waals surface area (Å²) in [6.07, 6.45) is -7.28. The summed E-state index contributed by atoms with van der Waals surface area (Å²) in [5.41, 5.74) is 0. The average molecular weight is 240 g/mol. The molecule has 1 rings (SSSR count). The molecule has 1 N–H and O–H groups in total. The molecule has 0 bridgehead atoms. The van der Waals surface area contributed by atoms with E-state index in [0.29, 0.717) is 11.3 Å². The van der Waals surface area contributed by atoms with Gasteiger partial charge in [-0.2, -0.15) is 13.2 Å². The predicted molar refractivity (Wildman–Crippen MR) is 46.7 cm³/mol. The molecule has 1 atom stereocenters. The summed E-state index contributed by atoms with van der Waals surface area (Å²) >= 11 is 0.556. The van der Waals surface area contributed by atoms with Crippen molar-refractivity contribution in [3.63, 3.8) is 0 Å². The molecule has 7 heteroatoms. The molecule has 1 aromatic rings. The van der Waals surface area contributed by atoms with Gasteiger partial charge in [0.25, 0.3) is 0 Å². The molecule has 0 aliphatic carbocycles. The number of ether oxygens (including phenoxy) is 1. The molecular formula is C8H7F3O3S. The second-order valence-corrected chi connectivity index (χ2v) is 3.75. The van der Waals surface area contributed by atoms with Gasteiger partial charge in [-0.05, 0) is 12.1 Å². The Bertz CT molecular complexity index is 358. The molecule has 15 heavy (non-hydrogen) atoms. The fraction of sp³-hybridized carbons (Fsp3) is 0.375. The van der Waals surface area contributed by atoms with Crippen molar-refractivity contribution in [2.45, 2.75) is 12.3 Å². The first-order valence-electron chi connectivity index (χ1n) is 3.79. The molecule has 0 saturated carbocycles. The summed E-state index contributed by atoms with van der Waals surface area (Å²) < 4.78 is 40.5. The molecular weight excluding hydrogens is 233 g/mol. The van der Waals surface area contributed by atoms with E-state index in [1.54, 1.807) is 0 Å². The van der Waals surface area contributed by atoms with E-state index in [1.165, 1.54) is 6.07 Å². The Hall–Kier alpha value is -1.08. The summed E-state index contributed by atoms with van der Waals surface area (Å²) in [5.74, 6) is -0.722. The zero-order valence-electron chi connectivity index (χ0n) is 7.54.